The lowest BCUT2D eigenvalue weighted by molar-refractivity contribution is 0.00908. The van der Waals surface area contributed by atoms with Gasteiger partial charge in [0.2, 0.25) is 0 Å². The summed E-state index contributed by atoms with van der Waals surface area (Å²) in [7, 11) is 4.05. The van der Waals surface area contributed by atoms with Crippen molar-refractivity contribution in [2.75, 3.05) is 33.8 Å². The van der Waals surface area contributed by atoms with Gasteiger partial charge in [-0.05, 0) is 76.4 Å². The highest BCUT2D eigenvalue weighted by Gasteiger charge is 2.27. The molecule has 1 aromatic carbocycles. The van der Waals surface area contributed by atoms with E-state index in [-0.39, 0.29) is 5.91 Å². The van der Waals surface area contributed by atoms with E-state index in [1.54, 1.807) is 24.3 Å². The molecule has 0 spiro atoms. The first-order valence-corrected chi connectivity index (χ1v) is 11.3. The molecule has 0 radical (unpaired) electrons. The van der Waals surface area contributed by atoms with Gasteiger partial charge in [0.25, 0.3) is 5.91 Å². The van der Waals surface area contributed by atoms with Crippen molar-refractivity contribution in [2.24, 2.45) is 0 Å². The Morgan fingerprint density at radius 2 is 1.76 bits per heavy atom. The standard InChI is InChI=1S/C24H37ClN2O2/c1-4-17-26(2)18-7-5-6-8-19-29-23-15-13-22(14-16-23)27(3)24(28)20-9-11-21(25)12-10-20/h4,9-12,22-23H,1,5-8,13-19H2,2-3H3. The second-order valence-electron chi connectivity index (χ2n) is 8.19. The van der Waals surface area contributed by atoms with Gasteiger partial charge in [0.1, 0.15) is 0 Å². The minimum Gasteiger partial charge on any atom is -0.378 e. The van der Waals surface area contributed by atoms with Crippen LogP contribution in [0.1, 0.15) is 61.7 Å². The van der Waals surface area contributed by atoms with E-state index in [1.165, 1.54) is 19.3 Å². The molecule has 0 aliphatic heterocycles. The number of rotatable bonds is 12. The monoisotopic (exact) mass is 420 g/mol. The van der Waals surface area contributed by atoms with Gasteiger partial charge in [0.05, 0.1) is 6.10 Å². The first-order valence-electron chi connectivity index (χ1n) is 10.9. The Hall–Kier alpha value is -1.36. The van der Waals surface area contributed by atoms with Crippen LogP contribution < -0.4 is 0 Å². The maximum Gasteiger partial charge on any atom is 0.253 e. The van der Waals surface area contributed by atoms with Gasteiger partial charge in [-0.25, -0.2) is 0 Å². The molecule has 0 N–H and O–H groups in total. The van der Waals surface area contributed by atoms with Crippen LogP contribution in [0.5, 0.6) is 0 Å². The summed E-state index contributed by atoms with van der Waals surface area (Å²) in [5.41, 5.74) is 0.700. The molecular formula is C24H37ClN2O2. The predicted molar refractivity (Wildman–Crippen MR) is 122 cm³/mol. The summed E-state index contributed by atoms with van der Waals surface area (Å²) in [6.07, 6.45) is 11.3. The van der Waals surface area contributed by atoms with Crippen molar-refractivity contribution < 1.29 is 9.53 Å². The van der Waals surface area contributed by atoms with Crippen molar-refractivity contribution in [1.82, 2.24) is 9.80 Å². The molecule has 5 heteroatoms. The number of amides is 1. The fraction of sp³-hybridized carbons (Fsp3) is 0.625. The average Bonchev–Trinajstić information content (AvgIpc) is 2.73. The highest BCUT2D eigenvalue weighted by molar-refractivity contribution is 6.30. The molecule has 4 nitrogen and oxygen atoms in total. The summed E-state index contributed by atoms with van der Waals surface area (Å²) in [4.78, 5) is 16.9. The average molecular weight is 421 g/mol. The lowest BCUT2D eigenvalue weighted by Gasteiger charge is -2.34. The van der Waals surface area contributed by atoms with Crippen LogP contribution in [0, 0.1) is 0 Å². The van der Waals surface area contributed by atoms with Crippen molar-refractivity contribution in [3.63, 3.8) is 0 Å². The third-order valence-corrected chi connectivity index (χ3v) is 6.08. The van der Waals surface area contributed by atoms with Gasteiger partial charge in [-0.3, -0.25) is 4.79 Å². The largest absolute Gasteiger partial charge is 0.378 e. The molecular weight excluding hydrogens is 384 g/mol. The maximum absolute atomic E-state index is 12.7. The van der Waals surface area contributed by atoms with E-state index in [1.807, 2.05) is 18.0 Å². The van der Waals surface area contributed by atoms with Crippen LogP contribution in [0.3, 0.4) is 0 Å². The number of hydrogen-bond donors (Lipinski definition) is 0. The second kappa shape index (κ2) is 13.0. The summed E-state index contributed by atoms with van der Waals surface area (Å²) in [6, 6.07) is 7.44. The highest BCUT2D eigenvalue weighted by Crippen LogP contribution is 2.26. The molecule has 2 rings (SSSR count). The predicted octanol–water partition coefficient (Wildman–Crippen LogP) is 5.42. The number of benzene rings is 1. The van der Waals surface area contributed by atoms with Gasteiger partial charge in [-0.2, -0.15) is 0 Å². The number of likely N-dealkylation sites (N-methyl/N-ethyl adjacent to an activating group) is 1. The fourth-order valence-corrected chi connectivity index (χ4v) is 4.09. The van der Waals surface area contributed by atoms with Crippen molar-refractivity contribution in [1.29, 1.82) is 0 Å². The zero-order chi connectivity index (χ0) is 21.1. The number of nitrogens with zero attached hydrogens (tertiary/aromatic N) is 2. The summed E-state index contributed by atoms with van der Waals surface area (Å²) >= 11 is 5.92. The Balaban J connectivity index is 1.57. The zero-order valence-corrected chi connectivity index (χ0v) is 18.9. The third kappa shape index (κ3) is 8.49. The zero-order valence-electron chi connectivity index (χ0n) is 18.1. The Labute approximate surface area is 181 Å². The molecule has 1 aromatic rings. The van der Waals surface area contributed by atoms with E-state index in [9.17, 15) is 4.79 Å². The fourth-order valence-electron chi connectivity index (χ4n) is 3.96. The molecule has 1 amide bonds. The van der Waals surface area contributed by atoms with Crippen LogP contribution in [-0.2, 0) is 4.74 Å². The smallest absolute Gasteiger partial charge is 0.253 e. The third-order valence-electron chi connectivity index (χ3n) is 5.83. The molecule has 0 aromatic heterocycles. The number of unbranched alkanes of at least 4 members (excludes halogenated alkanes) is 3. The highest BCUT2D eigenvalue weighted by atomic mass is 35.5. The van der Waals surface area contributed by atoms with Gasteiger partial charge < -0.3 is 14.5 Å². The summed E-state index contributed by atoms with van der Waals surface area (Å²) in [6.45, 7) is 6.73. The second-order valence-corrected chi connectivity index (χ2v) is 8.63. The van der Waals surface area contributed by atoms with Crippen LogP contribution in [0.2, 0.25) is 5.02 Å². The minimum absolute atomic E-state index is 0.0739. The van der Waals surface area contributed by atoms with Gasteiger partial charge in [0, 0.05) is 36.8 Å². The number of hydrogen-bond acceptors (Lipinski definition) is 3. The van der Waals surface area contributed by atoms with E-state index in [0.717, 1.165) is 51.8 Å². The summed E-state index contributed by atoms with van der Waals surface area (Å²) in [5.74, 6) is 0.0739. The Bertz CT molecular complexity index is 612. The first-order chi connectivity index (χ1) is 14.0. The number of ether oxygens (including phenoxy) is 1. The topological polar surface area (TPSA) is 32.8 Å². The molecule has 1 saturated carbocycles. The number of carbonyl (C=O) groups excluding carboxylic acids is 1. The van der Waals surface area contributed by atoms with Gasteiger partial charge in [0.15, 0.2) is 0 Å². The number of halogens is 1. The van der Waals surface area contributed by atoms with Crippen LogP contribution >= 0.6 is 11.6 Å². The van der Waals surface area contributed by atoms with Gasteiger partial charge in [-0.1, -0.05) is 30.5 Å². The Kier molecular flexibility index (Phi) is 10.8. The Morgan fingerprint density at radius 1 is 1.10 bits per heavy atom. The van der Waals surface area contributed by atoms with Gasteiger partial charge in [-0.15, -0.1) is 6.58 Å². The minimum atomic E-state index is 0.0739. The van der Waals surface area contributed by atoms with Crippen LogP contribution in [0.15, 0.2) is 36.9 Å². The van der Waals surface area contributed by atoms with Crippen molar-refractivity contribution in [3.05, 3.63) is 47.5 Å². The quantitative estimate of drug-likeness (QED) is 0.334. The Morgan fingerprint density at radius 3 is 2.41 bits per heavy atom. The van der Waals surface area contributed by atoms with Crippen LogP contribution in [-0.4, -0.2) is 61.6 Å². The van der Waals surface area contributed by atoms with Crippen molar-refractivity contribution in [2.45, 2.75) is 63.5 Å². The van der Waals surface area contributed by atoms with E-state index >= 15 is 0 Å². The van der Waals surface area contributed by atoms with E-state index in [2.05, 4.69) is 18.5 Å². The molecule has 0 bridgehead atoms. The van der Waals surface area contributed by atoms with Crippen LogP contribution in [0.4, 0.5) is 0 Å². The molecule has 1 aliphatic carbocycles. The molecule has 0 saturated heterocycles. The normalized spacial score (nSPS) is 19.3. The number of carbonyl (C=O) groups is 1. The molecule has 29 heavy (non-hydrogen) atoms. The van der Waals surface area contributed by atoms with E-state index < -0.39 is 0 Å². The first kappa shape index (κ1) is 23.9. The summed E-state index contributed by atoms with van der Waals surface area (Å²) in [5, 5.41) is 0.655. The summed E-state index contributed by atoms with van der Waals surface area (Å²) < 4.78 is 6.09. The van der Waals surface area contributed by atoms with Gasteiger partial charge >= 0.3 is 0 Å². The molecule has 0 heterocycles. The molecule has 1 aliphatic rings. The maximum atomic E-state index is 12.7. The SMILES string of the molecule is C=CCN(C)CCCCCCOC1CCC(N(C)C(=O)c2ccc(Cl)cc2)CC1. The van der Waals surface area contributed by atoms with Crippen molar-refractivity contribution >= 4 is 17.5 Å². The molecule has 162 valence electrons. The lowest BCUT2D eigenvalue weighted by Crippen LogP contribution is -2.40. The van der Waals surface area contributed by atoms with E-state index in [0.29, 0.717) is 22.7 Å². The van der Waals surface area contributed by atoms with E-state index in [4.69, 9.17) is 16.3 Å². The molecule has 1 fully saturated rings. The van der Waals surface area contributed by atoms with Crippen LogP contribution in [0.25, 0.3) is 0 Å². The van der Waals surface area contributed by atoms with Crippen molar-refractivity contribution in [3.8, 4) is 0 Å². The lowest BCUT2D eigenvalue weighted by atomic mass is 9.91. The molecule has 0 atom stereocenters. The molecule has 0 unspecified atom stereocenters.